The lowest BCUT2D eigenvalue weighted by atomic mass is 10.1. The minimum absolute atomic E-state index is 0.126. The van der Waals surface area contributed by atoms with Gasteiger partial charge in [-0.15, -0.1) is 0 Å². The highest BCUT2D eigenvalue weighted by Crippen LogP contribution is 2.30. The third kappa shape index (κ3) is 5.73. The second-order valence-electron chi connectivity index (χ2n) is 6.93. The first kappa shape index (κ1) is 22.6. The molecule has 31 heavy (non-hydrogen) atoms. The van der Waals surface area contributed by atoms with Gasteiger partial charge in [0, 0.05) is 25.6 Å². The molecule has 0 unspecified atom stereocenters. The second-order valence-corrected chi connectivity index (χ2v) is 7.32. The number of hydrogen-bond donors (Lipinski definition) is 2. The highest BCUT2D eigenvalue weighted by molar-refractivity contribution is 7.71. The van der Waals surface area contributed by atoms with Crippen molar-refractivity contribution in [3.8, 4) is 11.5 Å². The van der Waals surface area contributed by atoms with Crippen molar-refractivity contribution < 1.29 is 14.3 Å². The lowest BCUT2D eigenvalue weighted by Crippen LogP contribution is -2.29. The molecule has 2 N–H and O–H groups in total. The van der Waals surface area contributed by atoms with Crippen LogP contribution >= 0.6 is 12.2 Å². The number of aromatic nitrogens is 2. The highest BCUT2D eigenvalue weighted by Gasteiger charge is 2.13. The maximum absolute atomic E-state index is 13.0. The van der Waals surface area contributed by atoms with E-state index < -0.39 is 0 Å². The first-order valence-corrected chi connectivity index (χ1v) is 10.8. The molecule has 1 amide bonds. The zero-order chi connectivity index (χ0) is 22.2. The Bertz CT molecular complexity index is 1160. The Balaban J connectivity index is 1.72. The fraction of sp³-hybridized carbons (Fsp3) is 0.348. The maximum Gasteiger partial charge on any atom is 0.262 e. The van der Waals surface area contributed by atoms with Crippen molar-refractivity contribution in [3.05, 3.63) is 63.2 Å². The summed E-state index contributed by atoms with van der Waals surface area (Å²) in [6.45, 7) is 5.41. The standard InChI is InChI=1S/C23H27N3O4S/c1-3-29-19-14-17-18(15-20(19)30-4-2)25-23(31)26(22(17)28)13-11-21(27)24-12-10-16-8-6-5-7-9-16/h5-9,14-15H,3-4,10-13H2,1-2H3,(H,24,27)(H,25,31). The molecule has 0 radical (unpaired) electrons. The number of rotatable bonds is 10. The van der Waals surface area contributed by atoms with Gasteiger partial charge < -0.3 is 19.8 Å². The molecule has 0 aliphatic rings. The van der Waals surface area contributed by atoms with Gasteiger partial charge in [-0.2, -0.15) is 0 Å². The molecule has 0 saturated heterocycles. The van der Waals surface area contributed by atoms with Crippen LogP contribution < -0.4 is 20.3 Å². The van der Waals surface area contributed by atoms with Crippen LogP contribution in [0, 0.1) is 4.77 Å². The van der Waals surface area contributed by atoms with Gasteiger partial charge in [-0.05, 0) is 44.1 Å². The minimum Gasteiger partial charge on any atom is -0.490 e. The number of fused-ring (bicyclic) bond motifs is 1. The van der Waals surface area contributed by atoms with Crippen LogP contribution in [-0.2, 0) is 17.8 Å². The van der Waals surface area contributed by atoms with Crippen LogP contribution in [0.25, 0.3) is 10.9 Å². The zero-order valence-corrected chi connectivity index (χ0v) is 18.6. The van der Waals surface area contributed by atoms with Gasteiger partial charge >= 0.3 is 0 Å². The molecule has 7 nitrogen and oxygen atoms in total. The molecular formula is C23H27N3O4S. The summed E-state index contributed by atoms with van der Waals surface area (Å²) in [6, 6.07) is 13.3. The van der Waals surface area contributed by atoms with E-state index >= 15 is 0 Å². The Labute approximate surface area is 186 Å². The molecule has 2 aromatic carbocycles. The Kier molecular flexibility index (Phi) is 7.83. The topological polar surface area (TPSA) is 85.4 Å². The molecule has 3 rings (SSSR count). The van der Waals surface area contributed by atoms with Gasteiger partial charge in [-0.25, -0.2) is 0 Å². The second kappa shape index (κ2) is 10.8. The number of H-pyrrole nitrogens is 1. The third-order valence-electron chi connectivity index (χ3n) is 4.79. The van der Waals surface area contributed by atoms with E-state index in [4.69, 9.17) is 21.7 Å². The molecule has 0 atom stereocenters. The fourth-order valence-corrected chi connectivity index (χ4v) is 3.58. The summed E-state index contributed by atoms with van der Waals surface area (Å²) >= 11 is 5.37. The third-order valence-corrected chi connectivity index (χ3v) is 5.11. The average molecular weight is 442 g/mol. The van der Waals surface area contributed by atoms with Crippen LogP contribution in [0.15, 0.2) is 47.3 Å². The van der Waals surface area contributed by atoms with Gasteiger partial charge in [0.25, 0.3) is 5.56 Å². The first-order valence-electron chi connectivity index (χ1n) is 10.4. The fourth-order valence-electron chi connectivity index (χ4n) is 3.29. The van der Waals surface area contributed by atoms with E-state index in [1.54, 1.807) is 12.1 Å². The number of amides is 1. The molecule has 0 spiro atoms. The van der Waals surface area contributed by atoms with E-state index in [2.05, 4.69) is 10.3 Å². The summed E-state index contributed by atoms with van der Waals surface area (Å²) < 4.78 is 12.9. The maximum atomic E-state index is 13.0. The van der Waals surface area contributed by atoms with Crippen molar-refractivity contribution in [2.45, 2.75) is 33.2 Å². The Morgan fingerprint density at radius 2 is 1.77 bits per heavy atom. The predicted molar refractivity (Wildman–Crippen MR) is 124 cm³/mol. The molecule has 164 valence electrons. The number of benzene rings is 2. The first-order chi connectivity index (χ1) is 15.0. The van der Waals surface area contributed by atoms with Crippen LogP contribution in [0.5, 0.6) is 11.5 Å². The molecule has 0 saturated carbocycles. The van der Waals surface area contributed by atoms with Gasteiger partial charge in [0.05, 0.1) is 24.1 Å². The smallest absolute Gasteiger partial charge is 0.262 e. The van der Waals surface area contributed by atoms with E-state index in [1.165, 1.54) is 4.57 Å². The van der Waals surface area contributed by atoms with Crippen molar-refractivity contribution in [2.75, 3.05) is 19.8 Å². The van der Waals surface area contributed by atoms with E-state index in [0.29, 0.717) is 42.2 Å². The lowest BCUT2D eigenvalue weighted by molar-refractivity contribution is -0.121. The molecule has 0 bridgehead atoms. The molecule has 1 aromatic heterocycles. The number of nitrogens with zero attached hydrogens (tertiary/aromatic N) is 1. The largest absolute Gasteiger partial charge is 0.490 e. The van der Waals surface area contributed by atoms with Crippen LogP contribution in [-0.4, -0.2) is 35.2 Å². The molecule has 1 heterocycles. The SMILES string of the molecule is CCOc1cc2[nH]c(=S)n(CCC(=O)NCCc3ccccc3)c(=O)c2cc1OCC. The number of hydrogen-bond acceptors (Lipinski definition) is 5. The minimum atomic E-state index is -0.264. The van der Waals surface area contributed by atoms with Gasteiger partial charge in [0.1, 0.15) is 0 Å². The van der Waals surface area contributed by atoms with Gasteiger partial charge in [0.2, 0.25) is 5.91 Å². The molecule has 0 aliphatic carbocycles. The molecule has 0 aliphatic heterocycles. The summed E-state index contributed by atoms with van der Waals surface area (Å²) in [5.74, 6) is 0.932. The Morgan fingerprint density at radius 1 is 1.10 bits per heavy atom. The van der Waals surface area contributed by atoms with E-state index in [-0.39, 0.29) is 29.2 Å². The van der Waals surface area contributed by atoms with Crippen LogP contribution in [0.3, 0.4) is 0 Å². The van der Waals surface area contributed by atoms with Gasteiger partial charge in [-0.1, -0.05) is 30.3 Å². The molecular weight excluding hydrogens is 414 g/mol. The van der Waals surface area contributed by atoms with Crippen LogP contribution in [0.2, 0.25) is 0 Å². The average Bonchev–Trinajstić information content (AvgIpc) is 2.75. The van der Waals surface area contributed by atoms with Crippen molar-refractivity contribution in [3.63, 3.8) is 0 Å². The van der Waals surface area contributed by atoms with Crippen molar-refractivity contribution >= 4 is 29.0 Å². The Morgan fingerprint density at radius 3 is 2.45 bits per heavy atom. The summed E-state index contributed by atoms with van der Waals surface area (Å²) in [6.07, 6.45) is 0.915. The van der Waals surface area contributed by atoms with Gasteiger partial charge in [0.15, 0.2) is 16.3 Å². The summed E-state index contributed by atoms with van der Waals surface area (Å²) in [4.78, 5) is 28.3. The highest BCUT2D eigenvalue weighted by atomic mass is 32.1. The molecule has 8 heteroatoms. The van der Waals surface area contributed by atoms with E-state index in [9.17, 15) is 9.59 Å². The predicted octanol–water partition coefficient (Wildman–Crippen LogP) is 3.61. The zero-order valence-electron chi connectivity index (χ0n) is 17.8. The van der Waals surface area contributed by atoms with Crippen molar-refractivity contribution in [2.24, 2.45) is 0 Å². The molecule has 3 aromatic rings. The van der Waals surface area contributed by atoms with Crippen molar-refractivity contribution in [1.82, 2.24) is 14.9 Å². The monoisotopic (exact) mass is 441 g/mol. The van der Waals surface area contributed by atoms with Crippen LogP contribution in [0.1, 0.15) is 25.8 Å². The van der Waals surface area contributed by atoms with E-state index in [1.807, 2.05) is 44.2 Å². The number of nitrogens with one attached hydrogen (secondary N) is 2. The number of carbonyl (C=O) groups excluding carboxylic acids is 1. The normalized spacial score (nSPS) is 10.8. The summed E-state index contributed by atoms with van der Waals surface area (Å²) in [5, 5.41) is 3.32. The number of carbonyl (C=O) groups is 1. The Hall–Kier alpha value is -3.13. The lowest BCUT2D eigenvalue weighted by Gasteiger charge is -2.13. The number of aromatic amines is 1. The number of ether oxygens (including phenoxy) is 2. The quantitative estimate of drug-likeness (QED) is 0.470. The van der Waals surface area contributed by atoms with E-state index in [0.717, 1.165) is 12.0 Å². The summed E-state index contributed by atoms with van der Waals surface area (Å²) in [7, 11) is 0. The van der Waals surface area contributed by atoms with Crippen molar-refractivity contribution in [1.29, 1.82) is 0 Å². The summed E-state index contributed by atoms with van der Waals surface area (Å²) in [5.41, 5.74) is 1.47. The van der Waals surface area contributed by atoms with Gasteiger partial charge in [-0.3, -0.25) is 14.2 Å². The van der Waals surface area contributed by atoms with Crippen LogP contribution in [0.4, 0.5) is 0 Å². The molecule has 0 fully saturated rings.